The van der Waals surface area contributed by atoms with Crippen molar-refractivity contribution in [2.75, 3.05) is 11.1 Å². The van der Waals surface area contributed by atoms with Crippen LogP contribution in [0, 0.1) is 0 Å². The molecule has 1 saturated carbocycles. The van der Waals surface area contributed by atoms with E-state index in [2.05, 4.69) is 15.5 Å². The number of amides is 1. The van der Waals surface area contributed by atoms with Crippen LogP contribution >= 0.6 is 11.8 Å². The monoisotopic (exact) mass is 361 g/mol. The van der Waals surface area contributed by atoms with Crippen LogP contribution in [0.15, 0.2) is 17.2 Å². The SMILES string of the molecule is Cn1cc([C@H]2SCC(=O)Nc3c2c(=O)[nH]n3C2CCCCCC2)cn1. The highest BCUT2D eigenvalue weighted by molar-refractivity contribution is 8.00. The molecule has 1 atom stereocenters. The van der Waals surface area contributed by atoms with Gasteiger partial charge in [-0.25, -0.2) is 0 Å². The Kier molecular flexibility index (Phi) is 4.45. The molecule has 2 N–H and O–H groups in total. The van der Waals surface area contributed by atoms with Gasteiger partial charge in [-0.15, -0.1) is 11.8 Å². The first kappa shape index (κ1) is 16.5. The maximum Gasteiger partial charge on any atom is 0.270 e. The molecule has 0 radical (unpaired) electrons. The maximum absolute atomic E-state index is 12.8. The van der Waals surface area contributed by atoms with Crippen molar-refractivity contribution in [3.05, 3.63) is 33.9 Å². The molecule has 1 fully saturated rings. The van der Waals surface area contributed by atoms with Crippen LogP contribution in [0.25, 0.3) is 0 Å². The number of aromatic amines is 1. The Bertz CT molecular complexity index is 828. The Morgan fingerprint density at radius 1 is 1.20 bits per heavy atom. The number of hydrogen-bond acceptors (Lipinski definition) is 4. The molecular weight excluding hydrogens is 338 g/mol. The number of aromatic nitrogens is 4. The highest BCUT2D eigenvalue weighted by Gasteiger charge is 2.32. The average molecular weight is 361 g/mol. The van der Waals surface area contributed by atoms with E-state index in [0.717, 1.165) is 31.2 Å². The Balaban J connectivity index is 1.80. The van der Waals surface area contributed by atoms with Crippen LogP contribution in [-0.2, 0) is 11.8 Å². The van der Waals surface area contributed by atoms with Crippen molar-refractivity contribution in [1.82, 2.24) is 19.6 Å². The molecule has 1 amide bonds. The lowest BCUT2D eigenvalue weighted by molar-refractivity contribution is -0.113. The van der Waals surface area contributed by atoms with Gasteiger partial charge in [-0.3, -0.25) is 24.1 Å². The molecule has 0 spiro atoms. The van der Waals surface area contributed by atoms with Crippen LogP contribution < -0.4 is 10.9 Å². The lowest BCUT2D eigenvalue weighted by Gasteiger charge is -2.19. The average Bonchev–Trinajstić information content (AvgIpc) is 2.95. The Hall–Kier alpha value is -1.96. The topological polar surface area (TPSA) is 84.7 Å². The normalized spacial score (nSPS) is 22.1. The van der Waals surface area contributed by atoms with Gasteiger partial charge in [0.05, 0.1) is 28.8 Å². The second-order valence-electron chi connectivity index (χ2n) is 6.91. The number of fused-ring (bicyclic) bond motifs is 1. The van der Waals surface area contributed by atoms with E-state index < -0.39 is 0 Å². The summed E-state index contributed by atoms with van der Waals surface area (Å²) in [5.74, 6) is 0.929. The zero-order valence-electron chi connectivity index (χ0n) is 14.3. The fraction of sp³-hybridized carbons (Fsp3) is 0.588. The number of hydrogen-bond donors (Lipinski definition) is 2. The Morgan fingerprint density at radius 3 is 2.64 bits per heavy atom. The summed E-state index contributed by atoms with van der Waals surface area (Å²) in [6, 6.07) is 0.247. The van der Waals surface area contributed by atoms with Gasteiger partial charge in [-0.2, -0.15) is 5.10 Å². The molecule has 0 bridgehead atoms. The van der Waals surface area contributed by atoms with Crippen LogP contribution in [0.5, 0.6) is 0 Å². The van der Waals surface area contributed by atoms with Crippen molar-refractivity contribution in [2.24, 2.45) is 7.05 Å². The van der Waals surface area contributed by atoms with E-state index in [9.17, 15) is 9.59 Å². The summed E-state index contributed by atoms with van der Waals surface area (Å²) in [4.78, 5) is 25.1. The van der Waals surface area contributed by atoms with Crippen molar-refractivity contribution >= 4 is 23.5 Å². The molecule has 8 heteroatoms. The van der Waals surface area contributed by atoms with Gasteiger partial charge in [-0.1, -0.05) is 25.7 Å². The molecule has 7 nitrogen and oxygen atoms in total. The first-order chi connectivity index (χ1) is 12.1. The summed E-state index contributed by atoms with van der Waals surface area (Å²) in [7, 11) is 1.86. The summed E-state index contributed by atoms with van der Waals surface area (Å²) in [6.45, 7) is 0. The van der Waals surface area contributed by atoms with Crippen LogP contribution in [-0.4, -0.2) is 31.2 Å². The highest BCUT2D eigenvalue weighted by Crippen LogP contribution is 2.41. The van der Waals surface area contributed by atoms with Gasteiger partial charge in [0.2, 0.25) is 5.91 Å². The highest BCUT2D eigenvalue weighted by atomic mass is 32.2. The second-order valence-corrected chi connectivity index (χ2v) is 8.00. The van der Waals surface area contributed by atoms with Crippen LogP contribution in [0.1, 0.15) is 60.9 Å². The van der Waals surface area contributed by atoms with Gasteiger partial charge < -0.3 is 5.32 Å². The largest absolute Gasteiger partial charge is 0.310 e. The van der Waals surface area contributed by atoms with Crippen molar-refractivity contribution in [3.63, 3.8) is 0 Å². The predicted octanol–water partition coefficient (Wildman–Crippen LogP) is 2.58. The number of carbonyl (C=O) groups excluding carboxylic acids is 1. The van der Waals surface area contributed by atoms with Crippen LogP contribution in [0.3, 0.4) is 0 Å². The summed E-state index contributed by atoms with van der Waals surface area (Å²) >= 11 is 1.48. The van der Waals surface area contributed by atoms with Gasteiger partial charge >= 0.3 is 0 Å². The quantitative estimate of drug-likeness (QED) is 0.805. The van der Waals surface area contributed by atoms with Crippen LogP contribution in [0.4, 0.5) is 5.82 Å². The number of anilines is 1. The lowest BCUT2D eigenvalue weighted by Crippen LogP contribution is -2.19. The fourth-order valence-electron chi connectivity index (χ4n) is 3.87. The molecule has 2 aromatic heterocycles. The van der Waals surface area contributed by atoms with E-state index in [0.29, 0.717) is 17.1 Å². The van der Waals surface area contributed by atoms with E-state index in [1.165, 1.54) is 24.6 Å². The predicted molar refractivity (Wildman–Crippen MR) is 97.9 cm³/mol. The Morgan fingerprint density at radius 2 is 1.96 bits per heavy atom. The zero-order chi connectivity index (χ0) is 17.4. The molecule has 1 aliphatic heterocycles. The van der Waals surface area contributed by atoms with Gasteiger partial charge in [0, 0.05) is 18.8 Å². The molecule has 25 heavy (non-hydrogen) atoms. The first-order valence-corrected chi connectivity index (χ1v) is 9.93. The summed E-state index contributed by atoms with van der Waals surface area (Å²) in [5.41, 5.74) is 1.49. The minimum Gasteiger partial charge on any atom is -0.310 e. The lowest BCUT2D eigenvalue weighted by atomic mass is 10.1. The van der Waals surface area contributed by atoms with Gasteiger partial charge in [0.1, 0.15) is 5.82 Å². The molecule has 2 aliphatic rings. The maximum atomic E-state index is 12.8. The number of nitrogens with one attached hydrogen (secondary N) is 2. The van der Waals surface area contributed by atoms with E-state index in [-0.39, 0.29) is 22.8 Å². The van der Waals surface area contributed by atoms with E-state index in [1.54, 1.807) is 10.9 Å². The van der Waals surface area contributed by atoms with Crippen molar-refractivity contribution < 1.29 is 4.79 Å². The summed E-state index contributed by atoms with van der Waals surface area (Å²) in [6.07, 6.45) is 10.6. The third kappa shape index (κ3) is 3.15. The summed E-state index contributed by atoms with van der Waals surface area (Å²) in [5, 5.41) is 10.0. The smallest absolute Gasteiger partial charge is 0.270 e. The Labute approximate surface area is 150 Å². The standard InChI is InChI=1S/C17H23N5O2S/c1-21-9-11(8-18-21)15-14-16(19-13(23)10-25-15)22(20-17(14)24)12-6-4-2-3-5-7-12/h8-9,12,15H,2-7,10H2,1H3,(H,19,23)(H,20,24)/t15-/m1/s1. The number of aryl methyl sites for hydroxylation is 1. The van der Waals surface area contributed by atoms with Gasteiger partial charge in [0.15, 0.2) is 0 Å². The molecular formula is C17H23N5O2S. The van der Waals surface area contributed by atoms with Crippen molar-refractivity contribution in [3.8, 4) is 0 Å². The number of rotatable bonds is 2. The molecule has 3 heterocycles. The van der Waals surface area contributed by atoms with Crippen LogP contribution in [0.2, 0.25) is 0 Å². The van der Waals surface area contributed by atoms with Crippen molar-refractivity contribution in [2.45, 2.75) is 49.8 Å². The molecule has 1 aliphatic carbocycles. The summed E-state index contributed by atoms with van der Waals surface area (Å²) < 4.78 is 3.66. The molecule has 0 unspecified atom stereocenters. The number of carbonyl (C=O) groups is 1. The molecule has 2 aromatic rings. The third-order valence-corrected chi connectivity index (χ3v) is 6.35. The minimum absolute atomic E-state index is 0.0565. The fourth-order valence-corrected chi connectivity index (χ4v) is 4.96. The third-order valence-electron chi connectivity index (χ3n) is 5.08. The molecule has 134 valence electrons. The minimum atomic E-state index is -0.182. The first-order valence-electron chi connectivity index (χ1n) is 8.88. The van der Waals surface area contributed by atoms with Gasteiger partial charge in [-0.05, 0) is 12.8 Å². The second kappa shape index (κ2) is 6.74. The number of nitrogens with zero attached hydrogens (tertiary/aromatic N) is 3. The zero-order valence-corrected chi connectivity index (χ0v) is 15.1. The van der Waals surface area contributed by atoms with E-state index >= 15 is 0 Å². The molecule has 4 rings (SSSR count). The van der Waals surface area contributed by atoms with Gasteiger partial charge in [0.25, 0.3) is 5.56 Å². The molecule has 0 aromatic carbocycles. The van der Waals surface area contributed by atoms with E-state index in [1.807, 2.05) is 17.9 Å². The van der Waals surface area contributed by atoms with Crippen molar-refractivity contribution in [1.29, 1.82) is 0 Å². The number of thioether (sulfide) groups is 1. The van der Waals surface area contributed by atoms with E-state index in [4.69, 9.17) is 0 Å². The number of H-pyrrole nitrogens is 1. The molecule has 0 saturated heterocycles.